The van der Waals surface area contributed by atoms with E-state index >= 15 is 0 Å². The van der Waals surface area contributed by atoms with Crippen molar-refractivity contribution in [1.29, 1.82) is 0 Å². The lowest BCUT2D eigenvalue weighted by Gasteiger charge is -2.37. The molecule has 0 bridgehead atoms. The molecule has 4 heteroatoms. The van der Waals surface area contributed by atoms with E-state index < -0.39 is 0 Å². The van der Waals surface area contributed by atoms with E-state index in [0.29, 0.717) is 13.1 Å². The van der Waals surface area contributed by atoms with E-state index in [0.717, 1.165) is 12.2 Å². The molecule has 0 spiro atoms. The molecule has 1 aromatic carbocycles. The van der Waals surface area contributed by atoms with E-state index in [1.54, 1.807) is 0 Å². The first-order valence-corrected chi connectivity index (χ1v) is 6.39. The van der Waals surface area contributed by atoms with Gasteiger partial charge in [-0.3, -0.25) is 4.79 Å². The Hall–Kier alpha value is -1.55. The van der Waals surface area contributed by atoms with Gasteiger partial charge in [0.1, 0.15) is 6.04 Å². The van der Waals surface area contributed by atoms with E-state index in [1.165, 1.54) is 11.1 Å². The van der Waals surface area contributed by atoms with Crippen LogP contribution in [0.25, 0.3) is 0 Å². The zero-order chi connectivity index (χ0) is 13.1. The fourth-order valence-electron chi connectivity index (χ4n) is 2.32. The van der Waals surface area contributed by atoms with Crippen molar-refractivity contribution >= 4 is 11.6 Å². The topological polar surface area (TPSA) is 44.4 Å². The Morgan fingerprint density at radius 3 is 2.83 bits per heavy atom. The lowest BCUT2D eigenvalue weighted by Crippen LogP contribution is -2.58. The van der Waals surface area contributed by atoms with Gasteiger partial charge in [0.2, 0.25) is 5.91 Å². The first-order valence-electron chi connectivity index (χ1n) is 6.39. The van der Waals surface area contributed by atoms with Crippen LogP contribution in [0.4, 0.5) is 5.69 Å². The summed E-state index contributed by atoms with van der Waals surface area (Å²) in [4.78, 5) is 14.1. The van der Waals surface area contributed by atoms with Crippen molar-refractivity contribution in [1.82, 2.24) is 10.6 Å². The summed E-state index contributed by atoms with van der Waals surface area (Å²) in [6.07, 6.45) is 0. The van der Waals surface area contributed by atoms with Gasteiger partial charge in [-0.2, -0.15) is 0 Å². The molecule has 98 valence electrons. The molecule has 1 aliphatic rings. The molecule has 1 unspecified atom stereocenters. The molecule has 2 N–H and O–H groups in total. The summed E-state index contributed by atoms with van der Waals surface area (Å²) in [5.74, 6) is 0.105. The van der Waals surface area contributed by atoms with Crippen molar-refractivity contribution in [3.05, 3.63) is 29.3 Å². The fourth-order valence-corrected chi connectivity index (χ4v) is 2.32. The number of aryl methyl sites for hydroxylation is 2. The van der Waals surface area contributed by atoms with Gasteiger partial charge in [-0.1, -0.05) is 6.07 Å². The number of nitrogens with one attached hydrogen (secondary N) is 2. The van der Waals surface area contributed by atoms with Gasteiger partial charge in [-0.15, -0.1) is 0 Å². The largest absolute Gasteiger partial charge is 0.357 e. The number of hydrogen-bond acceptors (Lipinski definition) is 3. The standard InChI is InChI=1S/C14H21N3O/c1-10-4-5-12(8-11(10)2)17-7-6-16-14(18)13(17)9-15-3/h4-5,8,13,15H,6-7,9H2,1-3H3,(H,16,18). The van der Waals surface area contributed by atoms with Crippen LogP contribution < -0.4 is 15.5 Å². The highest BCUT2D eigenvalue weighted by Crippen LogP contribution is 2.21. The second kappa shape index (κ2) is 5.40. The van der Waals surface area contributed by atoms with Crippen molar-refractivity contribution in [2.75, 3.05) is 31.6 Å². The highest BCUT2D eigenvalue weighted by Gasteiger charge is 2.29. The van der Waals surface area contributed by atoms with Crippen molar-refractivity contribution in [3.63, 3.8) is 0 Å². The molecule has 1 aromatic rings. The lowest BCUT2D eigenvalue weighted by molar-refractivity contribution is -0.123. The number of likely N-dealkylation sites (N-methyl/N-ethyl adjacent to an activating group) is 1. The molecular weight excluding hydrogens is 226 g/mol. The summed E-state index contributed by atoms with van der Waals surface area (Å²) >= 11 is 0. The second-order valence-corrected chi connectivity index (χ2v) is 4.83. The van der Waals surface area contributed by atoms with Crippen LogP contribution in [0.15, 0.2) is 18.2 Å². The van der Waals surface area contributed by atoms with E-state index in [9.17, 15) is 4.79 Å². The Kier molecular flexibility index (Phi) is 3.87. The zero-order valence-electron chi connectivity index (χ0n) is 11.3. The number of amides is 1. The van der Waals surface area contributed by atoms with Crippen molar-refractivity contribution < 1.29 is 4.79 Å². The molecule has 0 aromatic heterocycles. The molecule has 18 heavy (non-hydrogen) atoms. The minimum absolute atomic E-state index is 0.105. The average molecular weight is 247 g/mol. The Labute approximate surface area is 108 Å². The third-order valence-electron chi connectivity index (χ3n) is 3.55. The van der Waals surface area contributed by atoms with E-state index in [2.05, 4.69) is 47.6 Å². The van der Waals surface area contributed by atoms with Gasteiger partial charge in [-0.05, 0) is 44.2 Å². The minimum atomic E-state index is -0.120. The van der Waals surface area contributed by atoms with E-state index in [4.69, 9.17) is 0 Å². The molecule has 1 saturated heterocycles. The SMILES string of the molecule is CNCC1C(=O)NCCN1c1ccc(C)c(C)c1. The molecule has 1 fully saturated rings. The van der Waals surface area contributed by atoms with Gasteiger partial charge in [0.05, 0.1) is 0 Å². The summed E-state index contributed by atoms with van der Waals surface area (Å²) in [5, 5.41) is 6.01. The maximum atomic E-state index is 11.9. The molecule has 1 amide bonds. The van der Waals surface area contributed by atoms with Crippen molar-refractivity contribution in [2.45, 2.75) is 19.9 Å². The van der Waals surface area contributed by atoms with Crippen LogP contribution in [-0.4, -0.2) is 38.6 Å². The number of carbonyl (C=O) groups is 1. The average Bonchev–Trinajstić information content (AvgIpc) is 2.35. The number of carbonyl (C=O) groups excluding carboxylic acids is 1. The maximum absolute atomic E-state index is 11.9. The highest BCUT2D eigenvalue weighted by molar-refractivity contribution is 5.86. The van der Waals surface area contributed by atoms with Crippen molar-refractivity contribution in [3.8, 4) is 0 Å². The molecule has 1 heterocycles. The number of hydrogen-bond donors (Lipinski definition) is 2. The third-order valence-corrected chi connectivity index (χ3v) is 3.55. The summed E-state index contributed by atoms with van der Waals surface area (Å²) in [7, 11) is 1.88. The van der Waals surface area contributed by atoms with Gasteiger partial charge in [-0.25, -0.2) is 0 Å². The van der Waals surface area contributed by atoms with Crippen LogP contribution >= 0.6 is 0 Å². The van der Waals surface area contributed by atoms with E-state index in [1.807, 2.05) is 7.05 Å². The minimum Gasteiger partial charge on any atom is -0.357 e. The van der Waals surface area contributed by atoms with Crippen LogP contribution in [0, 0.1) is 13.8 Å². The predicted octanol–water partition coefficient (Wildman–Crippen LogP) is 0.828. The first kappa shape index (κ1) is 12.9. The Morgan fingerprint density at radius 2 is 2.17 bits per heavy atom. The predicted molar refractivity (Wildman–Crippen MR) is 74.0 cm³/mol. The molecule has 1 atom stereocenters. The normalized spacial score (nSPS) is 19.8. The summed E-state index contributed by atoms with van der Waals surface area (Å²) in [5.41, 5.74) is 3.68. The third kappa shape index (κ3) is 2.48. The number of benzene rings is 1. The molecule has 4 nitrogen and oxygen atoms in total. The van der Waals surface area contributed by atoms with Crippen LogP contribution in [0.2, 0.25) is 0 Å². The van der Waals surface area contributed by atoms with E-state index in [-0.39, 0.29) is 11.9 Å². The first-order chi connectivity index (χ1) is 8.63. The van der Waals surface area contributed by atoms with Gasteiger partial charge >= 0.3 is 0 Å². The molecule has 1 aliphatic heterocycles. The summed E-state index contributed by atoms with van der Waals surface area (Å²) in [6.45, 7) is 6.45. The Morgan fingerprint density at radius 1 is 1.39 bits per heavy atom. The van der Waals surface area contributed by atoms with Gasteiger partial charge in [0.15, 0.2) is 0 Å². The van der Waals surface area contributed by atoms with Gasteiger partial charge < -0.3 is 15.5 Å². The number of nitrogens with zero attached hydrogens (tertiary/aromatic N) is 1. The molecule has 0 aliphatic carbocycles. The number of anilines is 1. The summed E-state index contributed by atoms with van der Waals surface area (Å²) < 4.78 is 0. The van der Waals surface area contributed by atoms with Gasteiger partial charge in [0.25, 0.3) is 0 Å². The lowest BCUT2D eigenvalue weighted by atomic mass is 10.1. The van der Waals surface area contributed by atoms with Crippen LogP contribution in [0.5, 0.6) is 0 Å². The van der Waals surface area contributed by atoms with Gasteiger partial charge in [0, 0.05) is 25.3 Å². The Bertz CT molecular complexity index is 445. The smallest absolute Gasteiger partial charge is 0.244 e. The monoisotopic (exact) mass is 247 g/mol. The molecular formula is C14H21N3O. The Balaban J connectivity index is 2.28. The number of piperazine rings is 1. The highest BCUT2D eigenvalue weighted by atomic mass is 16.2. The molecule has 0 saturated carbocycles. The number of rotatable bonds is 3. The quantitative estimate of drug-likeness (QED) is 0.831. The summed E-state index contributed by atoms with van der Waals surface area (Å²) in [6, 6.07) is 6.26. The fraction of sp³-hybridized carbons (Fsp3) is 0.500. The maximum Gasteiger partial charge on any atom is 0.244 e. The zero-order valence-corrected chi connectivity index (χ0v) is 11.3. The molecule has 0 radical (unpaired) electrons. The van der Waals surface area contributed by atoms with Crippen molar-refractivity contribution in [2.24, 2.45) is 0 Å². The molecule has 2 rings (SSSR count). The van der Waals surface area contributed by atoms with Crippen LogP contribution in [-0.2, 0) is 4.79 Å². The van der Waals surface area contributed by atoms with Crippen LogP contribution in [0.1, 0.15) is 11.1 Å². The second-order valence-electron chi connectivity index (χ2n) is 4.83. The van der Waals surface area contributed by atoms with Crippen LogP contribution in [0.3, 0.4) is 0 Å².